The highest BCUT2D eigenvalue weighted by Gasteiger charge is 2.40. The lowest BCUT2D eigenvalue weighted by Gasteiger charge is -2.29. The summed E-state index contributed by atoms with van der Waals surface area (Å²) >= 11 is 0. The molecule has 0 spiro atoms. The van der Waals surface area contributed by atoms with Crippen LogP contribution in [0.1, 0.15) is 40.7 Å². The first kappa shape index (κ1) is 20.3. The van der Waals surface area contributed by atoms with Crippen molar-refractivity contribution in [1.82, 2.24) is 15.5 Å². The summed E-state index contributed by atoms with van der Waals surface area (Å²) in [4.78, 5) is 37.4. The molecule has 10 heteroatoms. The maximum absolute atomic E-state index is 13.0. The van der Waals surface area contributed by atoms with Crippen LogP contribution in [0.25, 0.3) is 0 Å². The minimum Gasteiger partial charge on any atom is -0.330 e. The number of hydrogen-bond acceptors (Lipinski definition) is 5. The molecule has 0 aromatic heterocycles. The maximum atomic E-state index is 13.0. The summed E-state index contributed by atoms with van der Waals surface area (Å²) in [6, 6.07) is 2.44. The summed E-state index contributed by atoms with van der Waals surface area (Å²) in [5, 5.41) is 4.66. The van der Waals surface area contributed by atoms with Crippen LogP contribution in [0.15, 0.2) is 18.2 Å². The highest BCUT2D eigenvalue weighted by atomic mass is 19.4. The van der Waals surface area contributed by atoms with Crippen molar-refractivity contribution in [2.45, 2.75) is 50.6 Å². The Labute approximate surface area is 159 Å². The summed E-state index contributed by atoms with van der Waals surface area (Å²) < 4.78 is 38.9. The van der Waals surface area contributed by atoms with Crippen LogP contribution in [-0.4, -0.2) is 47.4 Å². The van der Waals surface area contributed by atoms with Gasteiger partial charge in [0.15, 0.2) is 0 Å². The molecule has 28 heavy (non-hydrogen) atoms. The lowest BCUT2D eigenvalue weighted by atomic mass is 10.0. The molecule has 2 aliphatic heterocycles. The molecule has 3 rings (SSSR count). The second kappa shape index (κ2) is 7.88. The van der Waals surface area contributed by atoms with E-state index in [1.807, 2.05) is 0 Å². The van der Waals surface area contributed by atoms with Gasteiger partial charge in [0.05, 0.1) is 0 Å². The molecule has 2 aliphatic rings. The smallest absolute Gasteiger partial charge is 0.330 e. The van der Waals surface area contributed by atoms with Crippen molar-refractivity contribution in [3.63, 3.8) is 0 Å². The van der Waals surface area contributed by atoms with E-state index in [1.165, 1.54) is 4.90 Å². The number of benzene rings is 1. The van der Waals surface area contributed by atoms with Gasteiger partial charge in [0.25, 0.3) is 5.91 Å². The fourth-order valence-corrected chi connectivity index (χ4v) is 3.50. The van der Waals surface area contributed by atoms with Gasteiger partial charge in [0.2, 0.25) is 11.8 Å². The Morgan fingerprint density at radius 2 is 2.04 bits per heavy atom. The Kier molecular flexibility index (Phi) is 5.71. The van der Waals surface area contributed by atoms with E-state index in [1.54, 1.807) is 18.2 Å². The lowest BCUT2D eigenvalue weighted by molar-refractivity contribution is -0.157. The summed E-state index contributed by atoms with van der Waals surface area (Å²) in [6.07, 6.45) is -4.23. The number of rotatable bonds is 6. The van der Waals surface area contributed by atoms with Crippen molar-refractivity contribution in [1.29, 1.82) is 0 Å². The Hall–Kier alpha value is -2.46. The number of carbonyl (C=O) groups is 3. The molecular weight excluding hydrogens is 377 g/mol. The first-order valence-corrected chi connectivity index (χ1v) is 8.97. The van der Waals surface area contributed by atoms with Gasteiger partial charge in [-0.25, -0.2) is 0 Å². The van der Waals surface area contributed by atoms with Gasteiger partial charge in [0, 0.05) is 25.1 Å². The molecule has 0 bridgehead atoms. The standard InChI is InChI=1S/C18H21F3N4O3/c19-18(20,21)14(5-6-22)23-8-10-1-2-11-9-25(17(28)12(11)7-10)13-3-4-15(26)24-16(13)27/h1-2,7,13-14,23H,3-6,8-9,22H2,(H,24,26,27). The van der Waals surface area contributed by atoms with Gasteiger partial charge in [-0.1, -0.05) is 12.1 Å². The van der Waals surface area contributed by atoms with Crippen LogP contribution in [0, 0.1) is 0 Å². The van der Waals surface area contributed by atoms with Crippen molar-refractivity contribution >= 4 is 17.7 Å². The number of nitrogens with zero attached hydrogens (tertiary/aromatic N) is 1. The largest absolute Gasteiger partial charge is 0.403 e. The number of nitrogens with one attached hydrogen (secondary N) is 2. The molecule has 4 N–H and O–H groups in total. The molecule has 2 atom stereocenters. The van der Waals surface area contributed by atoms with Crippen LogP contribution in [0.4, 0.5) is 13.2 Å². The van der Waals surface area contributed by atoms with Gasteiger partial charge >= 0.3 is 6.18 Å². The van der Waals surface area contributed by atoms with Crippen LogP contribution >= 0.6 is 0 Å². The summed E-state index contributed by atoms with van der Waals surface area (Å²) in [6.45, 7) is 0.0659. The Morgan fingerprint density at radius 1 is 1.29 bits per heavy atom. The third-order valence-corrected chi connectivity index (χ3v) is 5.00. The highest BCUT2D eigenvalue weighted by molar-refractivity contribution is 6.05. The normalized spacial score (nSPS) is 20.9. The number of amides is 3. The molecule has 2 unspecified atom stereocenters. The Bertz CT molecular complexity index is 797. The minimum absolute atomic E-state index is 0.0663. The number of hydrogen-bond donors (Lipinski definition) is 3. The highest BCUT2D eigenvalue weighted by Crippen LogP contribution is 2.28. The Morgan fingerprint density at radius 3 is 2.68 bits per heavy atom. The number of fused-ring (bicyclic) bond motifs is 1. The van der Waals surface area contributed by atoms with E-state index in [0.29, 0.717) is 16.7 Å². The maximum Gasteiger partial charge on any atom is 0.403 e. The van der Waals surface area contributed by atoms with E-state index in [4.69, 9.17) is 5.73 Å². The molecule has 1 aromatic carbocycles. The van der Waals surface area contributed by atoms with Crippen LogP contribution in [0.2, 0.25) is 0 Å². The molecule has 152 valence electrons. The third kappa shape index (κ3) is 4.17. The molecule has 0 aliphatic carbocycles. The van der Waals surface area contributed by atoms with Gasteiger partial charge in [-0.15, -0.1) is 0 Å². The number of alkyl halides is 3. The predicted octanol–water partition coefficient (Wildman–Crippen LogP) is 0.817. The van der Waals surface area contributed by atoms with E-state index in [9.17, 15) is 27.6 Å². The second-order valence-corrected chi connectivity index (χ2v) is 6.94. The van der Waals surface area contributed by atoms with Crippen LogP contribution < -0.4 is 16.4 Å². The first-order chi connectivity index (χ1) is 13.2. The van der Waals surface area contributed by atoms with E-state index in [0.717, 1.165) is 0 Å². The van der Waals surface area contributed by atoms with Crippen molar-refractivity contribution < 1.29 is 27.6 Å². The fourth-order valence-electron chi connectivity index (χ4n) is 3.50. The SMILES string of the molecule is NCCC(NCc1ccc2c(c1)C(=O)N(C1CCC(=O)NC1=O)C2)C(F)(F)F. The van der Waals surface area contributed by atoms with Gasteiger partial charge < -0.3 is 16.0 Å². The minimum atomic E-state index is -4.41. The van der Waals surface area contributed by atoms with Crippen LogP contribution in [-0.2, 0) is 22.7 Å². The van der Waals surface area contributed by atoms with Crippen molar-refractivity contribution in [3.05, 3.63) is 34.9 Å². The number of halogens is 3. The lowest BCUT2D eigenvalue weighted by Crippen LogP contribution is -2.52. The Balaban J connectivity index is 1.70. The average molecular weight is 398 g/mol. The summed E-state index contributed by atoms with van der Waals surface area (Å²) in [7, 11) is 0. The molecule has 7 nitrogen and oxygen atoms in total. The zero-order valence-corrected chi connectivity index (χ0v) is 15.0. The third-order valence-electron chi connectivity index (χ3n) is 5.00. The van der Waals surface area contributed by atoms with Gasteiger partial charge in [0.1, 0.15) is 12.1 Å². The molecule has 0 radical (unpaired) electrons. The monoisotopic (exact) mass is 398 g/mol. The van der Waals surface area contributed by atoms with Gasteiger partial charge in [-0.3, -0.25) is 19.7 Å². The zero-order valence-electron chi connectivity index (χ0n) is 15.0. The van der Waals surface area contributed by atoms with Crippen LogP contribution in [0.3, 0.4) is 0 Å². The molecule has 1 aromatic rings. The molecule has 0 saturated carbocycles. The molecular formula is C18H21F3N4O3. The predicted molar refractivity (Wildman–Crippen MR) is 92.8 cm³/mol. The van der Waals surface area contributed by atoms with Crippen LogP contribution in [0.5, 0.6) is 0 Å². The average Bonchev–Trinajstić information content (AvgIpc) is 2.94. The number of imide groups is 1. The van der Waals surface area contributed by atoms with E-state index in [2.05, 4.69) is 10.6 Å². The number of nitrogens with two attached hydrogens (primary N) is 1. The van der Waals surface area contributed by atoms with Crippen molar-refractivity contribution in [2.24, 2.45) is 5.73 Å². The first-order valence-electron chi connectivity index (χ1n) is 8.97. The molecule has 3 amide bonds. The fraction of sp³-hybridized carbons (Fsp3) is 0.500. The summed E-state index contributed by atoms with van der Waals surface area (Å²) in [5.74, 6) is -1.23. The van der Waals surface area contributed by atoms with Crippen molar-refractivity contribution in [3.8, 4) is 0 Å². The molecule has 2 heterocycles. The quantitative estimate of drug-likeness (QED) is 0.616. The van der Waals surface area contributed by atoms with E-state index >= 15 is 0 Å². The molecule has 1 fully saturated rings. The summed E-state index contributed by atoms with van der Waals surface area (Å²) in [5.41, 5.74) is 6.85. The van der Waals surface area contributed by atoms with E-state index < -0.39 is 24.2 Å². The van der Waals surface area contributed by atoms with Gasteiger partial charge in [-0.05, 0) is 36.6 Å². The van der Waals surface area contributed by atoms with Crippen molar-refractivity contribution in [2.75, 3.05) is 6.54 Å². The van der Waals surface area contributed by atoms with Gasteiger partial charge in [-0.2, -0.15) is 13.2 Å². The topological polar surface area (TPSA) is 105 Å². The van der Waals surface area contributed by atoms with E-state index in [-0.39, 0.29) is 50.7 Å². The molecule has 1 saturated heterocycles. The number of carbonyl (C=O) groups excluding carboxylic acids is 3. The zero-order chi connectivity index (χ0) is 20.5. The number of piperidine rings is 1. The second-order valence-electron chi connectivity index (χ2n) is 6.94.